The first kappa shape index (κ1) is 24.0. The zero-order valence-electron chi connectivity index (χ0n) is 14.9. The average Bonchev–Trinajstić information content (AvgIpc) is 2.88. The number of hydrogen-bond acceptors (Lipinski definition) is 3. The third-order valence-corrected chi connectivity index (χ3v) is 5.96. The number of nitrogens with zero attached hydrogens (tertiary/aromatic N) is 2. The number of aliphatic imine (C=N–C) groups is 1. The minimum atomic E-state index is -3.51. The van der Waals surface area contributed by atoms with Crippen molar-refractivity contribution in [3.8, 4) is 0 Å². The Hall–Kier alpha value is -1.01. The second kappa shape index (κ2) is 11.1. The van der Waals surface area contributed by atoms with E-state index in [0.29, 0.717) is 29.2 Å². The molecule has 27 heavy (non-hydrogen) atoms. The van der Waals surface area contributed by atoms with Crippen LogP contribution in [0, 0.1) is 0 Å². The molecule has 0 spiro atoms. The van der Waals surface area contributed by atoms with E-state index in [4.69, 9.17) is 23.2 Å². The third kappa shape index (κ3) is 6.83. The van der Waals surface area contributed by atoms with Crippen LogP contribution in [0.5, 0.6) is 0 Å². The lowest BCUT2D eigenvalue weighted by atomic mass is 10.4. The molecule has 150 valence electrons. The number of nitrogens with one attached hydrogen (secondary N) is 3. The summed E-state index contributed by atoms with van der Waals surface area (Å²) in [5, 5.41) is 7.13. The molecule has 0 aliphatic rings. The Labute approximate surface area is 186 Å². The fraction of sp³-hybridized carbons (Fsp3) is 0.312. The molecule has 7 nitrogen and oxygen atoms in total. The highest BCUT2D eigenvalue weighted by Crippen LogP contribution is 2.24. The number of guanidine groups is 1. The van der Waals surface area contributed by atoms with Gasteiger partial charge in [0.25, 0.3) is 0 Å². The van der Waals surface area contributed by atoms with Crippen LogP contribution >= 0.6 is 47.2 Å². The smallest absolute Gasteiger partial charge is 0.240 e. The molecule has 0 saturated heterocycles. The maximum Gasteiger partial charge on any atom is 0.240 e. The largest absolute Gasteiger partial charge is 0.355 e. The van der Waals surface area contributed by atoms with Crippen LogP contribution in [0.3, 0.4) is 0 Å². The van der Waals surface area contributed by atoms with Crippen molar-refractivity contribution in [3.63, 3.8) is 0 Å². The molecule has 1 heterocycles. The van der Waals surface area contributed by atoms with E-state index in [1.54, 1.807) is 48.0 Å². The summed E-state index contributed by atoms with van der Waals surface area (Å²) >= 11 is 12.0. The second-order valence-electron chi connectivity index (χ2n) is 5.40. The molecule has 0 atom stereocenters. The van der Waals surface area contributed by atoms with Gasteiger partial charge in [0.05, 0.1) is 16.5 Å². The summed E-state index contributed by atoms with van der Waals surface area (Å²) in [5.41, 5.74) is 0.896. The zero-order valence-corrected chi connectivity index (χ0v) is 19.5. The van der Waals surface area contributed by atoms with Crippen LogP contribution in [-0.4, -0.2) is 39.1 Å². The molecule has 3 N–H and O–H groups in total. The summed E-state index contributed by atoms with van der Waals surface area (Å²) in [7, 11) is -0.0582. The van der Waals surface area contributed by atoms with E-state index in [0.717, 1.165) is 5.69 Å². The molecular formula is C16H22Cl2IN5O2S. The standard InChI is InChI=1S/C16H21Cl2N5O2S.HI/c1-19-16(21-11-12-10-14(17)15(18)23(12)2)20-8-9-22-26(24,25)13-6-4-3-5-7-13;/h3-7,10,22H,8-9,11H2,1-2H3,(H2,19,20,21);1H. The van der Waals surface area contributed by atoms with Gasteiger partial charge in [0, 0.05) is 32.9 Å². The van der Waals surface area contributed by atoms with Crippen LogP contribution in [0.15, 0.2) is 46.3 Å². The first-order valence-electron chi connectivity index (χ1n) is 7.84. The molecule has 0 amide bonds. The number of halogens is 3. The third-order valence-electron chi connectivity index (χ3n) is 3.64. The Morgan fingerprint density at radius 3 is 2.37 bits per heavy atom. The van der Waals surface area contributed by atoms with Crippen molar-refractivity contribution in [2.24, 2.45) is 12.0 Å². The van der Waals surface area contributed by atoms with Crippen molar-refractivity contribution in [1.82, 2.24) is 19.9 Å². The summed E-state index contributed by atoms with van der Waals surface area (Å²) in [4.78, 5) is 4.33. The molecule has 0 unspecified atom stereocenters. The van der Waals surface area contributed by atoms with Crippen molar-refractivity contribution in [2.45, 2.75) is 11.4 Å². The van der Waals surface area contributed by atoms with Gasteiger partial charge < -0.3 is 15.2 Å². The number of benzene rings is 1. The van der Waals surface area contributed by atoms with E-state index in [1.807, 2.05) is 7.05 Å². The Morgan fingerprint density at radius 2 is 1.81 bits per heavy atom. The Kier molecular flexibility index (Phi) is 9.88. The normalized spacial score (nSPS) is 11.8. The summed E-state index contributed by atoms with van der Waals surface area (Å²) in [6.45, 7) is 1.07. The van der Waals surface area contributed by atoms with Gasteiger partial charge in [0.2, 0.25) is 10.0 Å². The minimum absolute atomic E-state index is 0. The van der Waals surface area contributed by atoms with Crippen molar-refractivity contribution >= 4 is 63.2 Å². The molecule has 0 aliphatic heterocycles. The number of sulfonamides is 1. The molecule has 0 fully saturated rings. The van der Waals surface area contributed by atoms with Gasteiger partial charge in [-0.2, -0.15) is 0 Å². The lowest BCUT2D eigenvalue weighted by Crippen LogP contribution is -2.41. The molecule has 11 heteroatoms. The van der Waals surface area contributed by atoms with E-state index < -0.39 is 10.0 Å². The SMILES string of the molecule is CN=C(NCCNS(=O)(=O)c1ccccc1)NCc1cc(Cl)c(Cl)n1C.I. The van der Waals surface area contributed by atoms with Crippen LogP contribution in [0.1, 0.15) is 5.69 Å². The average molecular weight is 546 g/mol. The predicted octanol–water partition coefficient (Wildman–Crippen LogP) is 2.59. The van der Waals surface area contributed by atoms with E-state index in [9.17, 15) is 8.42 Å². The van der Waals surface area contributed by atoms with Crippen LogP contribution in [0.4, 0.5) is 0 Å². The Balaban J connectivity index is 0.00000364. The lowest BCUT2D eigenvalue weighted by molar-refractivity contribution is 0.580. The van der Waals surface area contributed by atoms with E-state index in [2.05, 4.69) is 20.3 Å². The summed E-state index contributed by atoms with van der Waals surface area (Å²) < 4.78 is 28.5. The molecule has 1 aromatic heterocycles. The van der Waals surface area contributed by atoms with Crippen molar-refractivity contribution in [2.75, 3.05) is 20.1 Å². The van der Waals surface area contributed by atoms with Gasteiger partial charge in [0.1, 0.15) is 5.15 Å². The maximum absolute atomic E-state index is 12.1. The highest BCUT2D eigenvalue weighted by atomic mass is 127. The van der Waals surface area contributed by atoms with E-state index in [1.165, 1.54) is 0 Å². The van der Waals surface area contributed by atoms with Gasteiger partial charge >= 0.3 is 0 Å². The van der Waals surface area contributed by atoms with E-state index in [-0.39, 0.29) is 35.4 Å². The van der Waals surface area contributed by atoms with Gasteiger partial charge in [-0.25, -0.2) is 13.1 Å². The van der Waals surface area contributed by atoms with Gasteiger partial charge in [0.15, 0.2) is 5.96 Å². The maximum atomic E-state index is 12.1. The topological polar surface area (TPSA) is 87.5 Å². The Bertz CT molecular complexity index is 872. The van der Waals surface area contributed by atoms with Gasteiger partial charge in [-0.3, -0.25) is 4.99 Å². The summed E-state index contributed by atoms with van der Waals surface area (Å²) in [6.07, 6.45) is 0. The van der Waals surface area contributed by atoms with E-state index >= 15 is 0 Å². The molecule has 0 bridgehead atoms. The monoisotopic (exact) mass is 545 g/mol. The summed E-state index contributed by atoms with van der Waals surface area (Å²) in [6, 6.07) is 10.0. The van der Waals surface area contributed by atoms with Crippen LogP contribution in [0.2, 0.25) is 10.2 Å². The minimum Gasteiger partial charge on any atom is -0.355 e. The number of hydrogen-bond donors (Lipinski definition) is 3. The van der Waals surface area contributed by atoms with Crippen molar-refractivity contribution < 1.29 is 8.42 Å². The molecule has 2 rings (SSSR count). The lowest BCUT2D eigenvalue weighted by Gasteiger charge is -2.13. The molecule has 0 aliphatic carbocycles. The van der Waals surface area contributed by atoms with Gasteiger partial charge in [-0.1, -0.05) is 41.4 Å². The molecule has 0 saturated carbocycles. The predicted molar refractivity (Wildman–Crippen MR) is 121 cm³/mol. The molecular weight excluding hydrogens is 524 g/mol. The second-order valence-corrected chi connectivity index (χ2v) is 7.93. The molecule has 0 radical (unpaired) electrons. The molecule has 1 aromatic carbocycles. The fourth-order valence-corrected chi connectivity index (χ4v) is 3.67. The summed E-state index contributed by atoms with van der Waals surface area (Å²) in [5.74, 6) is 0.539. The van der Waals surface area contributed by atoms with Crippen LogP contribution < -0.4 is 15.4 Å². The highest BCUT2D eigenvalue weighted by molar-refractivity contribution is 14.0. The fourth-order valence-electron chi connectivity index (χ4n) is 2.20. The van der Waals surface area contributed by atoms with Gasteiger partial charge in [-0.05, 0) is 18.2 Å². The number of rotatable bonds is 7. The van der Waals surface area contributed by atoms with Crippen LogP contribution in [-0.2, 0) is 23.6 Å². The highest BCUT2D eigenvalue weighted by Gasteiger charge is 2.12. The molecule has 2 aromatic rings. The first-order chi connectivity index (χ1) is 12.3. The zero-order chi connectivity index (χ0) is 19.2. The quantitative estimate of drug-likeness (QED) is 0.216. The number of aromatic nitrogens is 1. The van der Waals surface area contributed by atoms with Crippen molar-refractivity contribution in [1.29, 1.82) is 0 Å². The Morgan fingerprint density at radius 1 is 1.15 bits per heavy atom. The van der Waals surface area contributed by atoms with Crippen molar-refractivity contribution in [3.05, 3.63) is 52.3 Å². The first-order valence-corrected chi connectivity index (χ1v) is 10.1. The van der Waals surface area contributed by atoms with Gasteiger partial charge in [-0.15, -0.1) is 24.0 Å². The van der Waals surface area contributed by atoms with Crippen LogP contribution in [0.25, 0.3) is 0 Å².